The summed E-state index contributed by atoms with van der Waals surface area (Å²) in [5.74, 6) is 3.23. The fraction of sp³-hybridized carbons (Fsp3) is 0.300. The number of hydrogen-bond acceptors (Lipinski definition) is 6. The molecule has 1 saturated carbocycles. The van der Waals surface area contributed by atoms with Gasteiger partial charge in [-0.2, -0.15) is 5.11 Å². The van der Waals surface area contributed by atoms with E-state index in [9.17, 15) is 0 Å². The molecule has 6 nitrogen and oxygen atoms in total. The Kier molecular flexibility index (Phi) is 13.9. The topological polar surface area (TPSA) is 70.7 Å². The Balaban J connectivity index is 0.897. The molecule has 0 saturated heterocycles. The van der Waals surface area contributed by atoms with Crippen LogP contribution < -0.4 is 10.1 Å². The summed E-state index contributed by atoms with van der Waals surface area (Å²) in [5.41, 5.74) is 8.17. The maximum absolute atomic E-state index is 6.13. The molecule has 1 aliphatic carbocycles. The van der Waals surface area contributed by atoms with Gasteiger partial charge in [0.15, 0.2) is 0 Å². The summed E-state index contributed by atoms with van der Waals surface area (Å²) in [5, 5.41) is 29.5. The smallest absolute Gasteiger partial charge is 0.127 e. The summed E-state index contributed by atoms with van der Waals surface area (Å²) in [7, 11) is 0. The number of nitrogens with zero attached hydrogens (tertiary/aromatic N) is 4. The van der Waals surface area contributed by atoms with Crippen molar-refractivity contribution in [3.05, 3.63) is 163 Å². The first-order chi connectivity index (χ1) is 32.4. The highest BCUT2D eigenvalue weighted by atomic mass is 16.5. The van der Waals surface area contributed by atoms with E-state index in [-0.39, 0.29) is 5.41 Å². The summed E-state index contributed by atoms with van der Waals surface area (Å²) in [6.07, 6.45) is 13.5. The zero-order valence-corrected chi connectivity index (χ0v) is 39.1. The lowest BCUT2D eigenvalue weighted by molar-refractivity contribution is 0.266. The zero-order chi connectivity index (χ0) is 45.3. The van der Waals surface area contributed by atoms with Gasteiger partial charge in [-0.3, -0.25) is 0 Å². The minimum absolute atomic E-state index is 0.137. The van der Waals surface area contributed by atoms with Crippen molar-refractivity contribution in [1.82, 2.24) is 0 Å². The first kappa shape index (κ1) is 44.5. The number of ether oxygens (including phenoxy) is 1. The molecular formula is C60H63N5O. The van der Waals surface area contributed by atoms with Gasteiger partial charge in [-0.1, -0.05) is 170 Å². The Hall–Kier alpha value is -6.66. The highest BCUT2D eigenvalue weighted by Gasteiger charge is 2.22. The van der Waals surface area contributed by atoms with E-state index in [1.54, 1.807) is 0 Å². The van der Waals surface area contributed by atoms with Crippen molar-refractivity contribution >= 4 is 60.8 Å². The molecule has 66 heavy (non-hydrogen) atoms. The third kappa shape index (κ3) is 10.2. The van der Waals surface area contributed by atoms with E-state index in [0.29, 0.717) is 0 Å². The summed E-state index contributed by atoms with van der Waals surface area (Å²) in [4.78, 5) is 0. The van der Waals surface area contributed by atoms with Crippen molar-refractivity contribution in [2.75, 3.05) is 11.9 Å². The number of hydrogen-bond donors (Lipinski definition) is 1. The molecular weight excluding hydrogens is 807 g/mol. The largest absolute Gasteiger partial charge is 0.457 e. The first-order valence-corrected chi connectivity index (χ1v) is 24.4. The van der Waals surface area contributed by atoms with Crippen molar-refractivity contribution in [1.29, 1.82) is 0 Å². The normalized spacial score (nSPS) is 15.6. The molecule has 0 radical (unpaired) electrons. The Bertz CT molecular complexity index is 2960. The number of unbranched alkanes of at least 4 members (excludes halogenated alkanes) is 3. The summed E-state index contributed by atoms with van der Waals surface area (Å²) >= 11 is 0. The molecule has 0 unspecified atom stereocenters. The number of rotatable bonds is 17. The van der Waals surface area contributed by atoms with Gasteiger partial charge in [0, 0.05) is 33.8 Å². The second kappa shape index (κ2) is 20.7. The standard InChI is InChI=1S/C60H63N5O/c1-5-7-8-9-16-42-23-25-43(26-24-42)41-61-56-37-35-50(48-17-10-12-19-52(48)56)51-36-38-57(53-20-13-11-18-49(51)53)64-65-59-40-39-58(54-21-14-15-22-55(54)59)63-62-45-29-33-47(34-30-45)66-46-31-27-44(28-32-46)60(3,4)6-2/h10-15,17-22,27-40,42-43,61H,5-9,16,23-26,41H2,1-4H3. The molecule has 0 amide bonds. The van der Waals surface area contributed by atoms with Crippen molar-refractivity contribution in [2.45, 2.75) is 97.3 Å². The van der Waals surface area contributed by atoms with E-state index in [2.05, 4.69) is 140 Å². The minimum Gasteiger partial charge on any atom is -0.457 e. The molecule has 1 N–H and O–H groups in total. The van der Waals surface area contributed by atoms with Crippen LogP contribution >= 0.6 is 0 Å². The monoisotopic (exact) mass is 870 g/mol. The molecule has 9 rings (SSSR count). The van der Waals surface area contributed by atoms with E-state index < -0.39 is 0 Å². The molecule has 6 heteroatoms. The third-order valence-corrected chi connectivity index (χ3v) is 14.1. The van der Waals surface area contributed by atoms with Crippen LogP contribution in [0.25, 0.3) is 43.4 Å². The lowest BCUT2D eigenvalue weighted by Gasteiger charge is -2.29. The van der Waals surface area contributed by atoms with Crippen LogP contribution in [0.1, 0.15) is 97.5 Å². The predicted octanol–water partition coefficient (Wildman–Crippen LogP) is 19.3. The average Bonchev–Trinajstić information content (AvgIpc) is 3.36. The van der Waals surface area contributed by atoms with E-state index in [0.717, 1.165) is 80.6 Å². The molecule has 334 valence electrons. The fourth-order valence-electron chi connectivity index (χ4n) is 9.69. The molecule has 0 aliphatic heterocycles. The van der Waals surface area contributed by atoms with Crippen LogP contribution in [0.4, 0.5) is 28.4 Å². The van der Waals surface area contributed by atoms with Gasteiger partial charge < -0.3 is 10.1 Å². The summed E-state index contributed by atoms with van der Waals surface area (Å²) in [6.45, 7) is 10.1. The van der Waals surface area contributed by atoms with Gasteiger partial charge in [-0.25, -0.2) is 0 Å². The van der Waals surface area contributed by atoms with Gasteiger partial charge in [0.05, 0.1) is 22.7 Å². The molecule has 8 aromatic rings. The van der Waals surface area contributed by atoms with Crippen molar-refractivity contribution < 1.29 is 4.74 Å². The van der Waals surface area contributed by atoms with Gasteiger partial charge in [-0.15, -0.1) is 15.3 Å². The molecule has 0 spiro atoms. The Morgan fingerprint density at radius 1 is 0.485 bits per heavy atom. The molecule has 0 bridgehead atoms. The number of azo groups is 2. The summed E-state index contributed by atoms with van der Waals surface area (Å²) in [6, 6.07) is 54.4. The average molecular weight is 870 g/mol. The van der Waals surface area contributed by atoms with Crippen LogP contribution in [-0.4, -0.2) is 6.54 Å². The van der Waals surface area contributed by atoms with Crippen LogP contribution in [0.3, 0.4) is 0 Å². The first-order valence-electron chi connectivity index (χ1n) is 24.4. The predicted molar refractivity (Wildman–Crippen MR) is 278 cm³/mol. The zero-order valence-electron chi connectivity index (χ0n) is 39.1. The lowest BCUT2D eigenvalue weighted by Crippen LogP contribution is -2.21. The number of fused-ring (bicyclic) bond motifs is 3. The van der Waals surface area contributed by atoms with Crippen LogP contribution in [-0.2, 0) is 5.41 Å². The molecule has 8 aromatic carbocycles. The van der Waals surface area contributed by atoms with Gasteiger partial charge in [0.25, 0.3) is 0 Å². The van der Waals surface area contributed by atoms with Gasteiger partial charge >= 0.3 is 0 Å². The van der Waals surface area contributed by atoms with Crippen LogP contribution in [0.2, 0.25) is 0 Å². The van der Waals surface area contributed by atoms with Crippen LogP contribution in [0, 0.1) is 11.8 Å². The molecule has 1 aliphatic rings. The molecule has 0 heterocycles. The minimum atomic E-state index is 0.137. The van der Waals surface area contributed by atoms with Crippen molar-refractivity contribution in [3.8, 4) is 22.6 Å². The molecule has 0 aromatic heterocycles. The molecule has 1 fully saturated rings. The Morgan fingerprint density at radius 3 is 1.56 bits per heavy atom. The molecule has 0 atom stereocenters. The highest BCUT2D eigenvalue weighted by Crippen LogP contribution is 2.42. The quantitative estimate of drug-likeness (QED) is 0.0731. The van der Waals surface area contributed by atoms with Gasteiger partial charge in [0.1, 0.15) is 11.5 Å². The fourth-order valence-corrected chi connectivity index (χ4v) is 9.69. The Morgan fingerprint density at radius 2 is 0.970 bits per heavy atom. The van der Waals surface area contributed by atoms with Crippen LogP contribution in [0.5, 0.6) is 11.5 Å². The van der Waals surface area contributed by atoms with Gasteiger partial charge in [-0.05, 0) is 125 Å². The number of nitrogens with one attached hydrogen (secondary N) is 1. The second-order valence-electron chi connectivity index (χ2n) is 18.9. The van der Waals surface area contributed by atoms with E-state index >= 15 is 0 Å². The van der Waals surface area contributed by atoms with E-state index in [1.807, 2.05) is 60.7 Å². The van der Waals surface area contributed by atoms with Gasteiger partial charge in [0.2, 0.25) is 0 Å². The van der Waals surface area contributed by atoms with Crippen LogP contribution in [0.15, 0.2) is 178 Å². The van der Waals surface area contributed by atoms with E-state index in [4.69, 9.17) is 15.0 Å². The SMILES string of the molecule is CCCCCCC1CCC(CNc2ccc(-c3ccc(N=Nc4ccc(N=Nc5ccc(Oc6ccc(C(C)(C)CC)cc6)cc5)c5ccccc45)c4ccccc34)c3ccccc23)CC1. The third-order valence-electron chi connectivity index (χ3n) is 14.1. The van der Waals surface area contributed by atoms with Crippen molar-refractivity contribution in [3.63, 3.8) is 0 Å². The van der Waals surface area contributed by atoms with E-state index in [1.165, 1.54) is 90.9 Å². The number of benzene rings is 8. The lowest BCUT2D eigenvalue weighted by atomic mass is 9.79. The maximum atomic E-state index is 6.13. The number of anilines is 1. The maximum Gasteiger partial charge on any atom is 0.127 e. The van der Waals surface area contributed by atoms with Crippen molar-refractivity contribution in [2.24, 2.45) is 32.3 Å². The second-order valence-corrected chi connectivity index (χ2v) is 18.9. The highest BCUT2D eigenvalue weighted by molar-refractivity contribution is 6.10. The Labute approximate surface area is 391 Å². The summed E-state index contributed by atoms with van der Waals surface area (Å²) < 4.78 is 6.13.